The van der Waals surface area contributed by atoms with Gasteiger partial charge in [-0.3, -0.25) is 10.1 Å². The van der Waals surface area contributed by atoms with Gasteiger partial charge in [-0.1, -0.05) is 17.8 Å². The molecule has 2 aromatic heterocycles. The molecule has 9 nitrogen and oxygen atoms in total. The van der Waals surface area contributed by atoms with Crippen LogP contribution in [0, 0.1) is 17.0 Å². The fraction of sp³-hybridized carbons (Fsp3) is 0.286. The summed E-state index contributed by atoms with van der Waals surface area (Å²) in [6.45, 7) is 4.20. The van der Waals surface area contributed by atoms with Gasteiger partial charge in [0.05, 0.1) is 4.92 Å². The summed E-state index contributed by atoms with van der Waals surface area (Å²) < 4.78 is 7.16. The lowest BCUT2D eigenvalue weighted by Gasteiger charge is -2.11. The van der Waals surface area contributed by atoms with E-state index in [9.17, 15) is 10.1 Å². The Morgan fingerprint density at radius 3 is 2.96 bits per heavy atom. The number of nitro benzene ring substituents is 1. The lowest BCUT2D eigenvalue weighted by molar-refractivity contribution is -0.384. The summed E-state index contributed by atoms with van der Waals surface area (Å²) >= 11 is 1.36. The Labute approximate surface area is 141 Å². The number of hydrogen-bond acceptors (Lipinski definition) is 8. The second-order valence-corrected chi connectivity index (χ2v) is 6.40. The highest BCUT2D eigenvalue weighted by molar-refractivity contribution is 7.99. The van der Waals surface area contributed by atoms with Crippen LogP contribution in [0.15, 0.2) is 40.5 Å². The first-order valence-electron chi connectivity index (χ1n) is 7.09. The summed E-state index contributed by atoms with van der Waals surface area (Å²) in [6, 6.07) is 4.83. The predicted molar refractivity (Wildman–Crippen MR) is 85.5 cm³/mol. The van der Waals surface area contributed by atoms with Gasteiger partial charge in [0, 0.05) is 17.4 Å². The van der Waals surface area contributed by atoms with Gasteiger partial charge in [-0.25, -0.2) is 9.67 Å². The van der Waals surface area contributed by atoms with Crippen LogP contribution < -0.4 is 0 Å². The Hall–Kier alpha value is -2.75. The molecule has 0 aliphatic rings. The van der Waals surface area contributed by atoms with Gasteiger partial charge in [-0.15, -0.1) is 10.2 Å². The molecule has 0 bridgehead atoms. The lowest BCUT2D eigenvalue weighted by atomic mass is 10.1. The molecular weight excluding hydrogens is 332 g/mol. The largest absolute Gasteiger partial charge is 0.414 e. The minimum atomic E-state index is -0.400. The van der Waals surface area contributed by atoms with E-state index in [-0.39, 0.29) is 10.9 Å². The third-order valence-electron chi connectivity index (χ3n) is 3.40. The van der Waals surface area contributed by atoms with E-state index in [0.717, 1.165) is 11.1 Å². The molecule has 0 N–H and O–H groups in total. The van der Waals surface area contributed by atoms with E-state index >= 15 is 0 Å². The van der Waals surface area contributed by atoms with E-state index in [1.54, 1.807) is 23.1 Å². The van der Waals surface area contributed by atoms with Crippen LogP contribution in [-0.2, 0) is 6.54 Å². The maximum Gasteiger partial charge on any atom is 0.277 e. The van der Waals surface area contributed by atoms with Crippen molar-refractivity contribution in [2.75, 3.05) is 0 Å². The van der Waals surface area contributed by atoms with Crippen LogP contribution in [0.3, 0.4) is 0 Å². The molecule has 1 atom stereocenters. The molecule has 0 unspecified atom stereocenters. The van der Waals surface area contributed by atoms with Gasteiger partial charge < -0.3 is 4.42 Å². The summed E-state index contributed by atoms with van der Waals surface area (Å²) in [5.41, 5.74) is 1.91. The molecule has 124 valence electrons. The number of aromatic nitrogens is 5. The average Bonchev–Trinajstić information content (AvgIpc) is 3.20. The lowest BCUT2D eigenvalue weighted by Crippen LogP contribution is -1.99. The fourth-order valence-electron chi connectivity index (χ4n) is 2.20. The van der Waals surface area contributed by atoms with E-state index in [4.69, 9.17) is 4.42 Å². The summed E-state index contributed by atoms with van der Waals surface area (Å²) in [4.78, 5) is 14.4. The third-order valence-corrected chi connectivity index (χ3v) is 4.38. The van der Waals surface area contributed by atoms with Crippen LogP contribution in [0.1, 0.15) is 29.2 Å². The molecule has 24 heavy (non-hydrogen) atoms. The second kappa shape index (κ2) is 6.79. The molecule has 0 amide bonds. The van der Waals surface area contributed by atoms with Gasteiger partial charge in [0.1, 0.15) is 19.2 Å². The van der Waals surface area contributed by atoms with E-state index < -0.39 is 4.92 Å². The summed E-state index contributed by atoms with van der Waals surface area (Å²) in [7, 11) is 0. The highest BCUT2D eigenvalue weighted by Gasteiger charge is 2.18. The summed E-state index contributed by atoms with van der Waals surface area (Å²) in [5, 5.41) is 23.2. The zero-order chi connectivity index (χ0) is 17.1. The maximum absolute atomic E-state index is 10.9. The Morgan fingerprint density at radius 1 is 1.42 bits per heavy atom. The first-order valence-corrected chi connectivity index (χ1v) is 7.97. The zero-order valence-electron chi connectivity index (χ0n) is 13.0. The molecular formula is C14H14N6O3S. The van der Waals surface area contributed by atoms with Crippen LogP contribution in [-0.4, -0.2) is 29.9 Å². The molecule has 3 rings (SSSR count). The first-order chi connectivity index (χ1) is 11.5. The van der Waals surface area contributed by atoms with Crippen LogP contribution in [0.25, 0.3) is 0 Å². The van der Waals surface area contributed by atoms with Crippen molar-refractivity contribution in [2.24, 2.45) is 0 Å². The van der Waals surface area contributed by atoms with Gasteiger partial charge in [0.2, 0.25) is 5.89 Å². The molecule has 10 heteroatoms. The molecule has 0 fully saturated rings. The van der Waals surface area contributed by atoms with Gasteiger partial charge in [0.15, 0.2) is 0 Å². The average molecular weight is 346 g/mol. The number of aryl methyl sites for hydroxylation is 1. The van der Waals surface area contributed by atoms with E-state index in [2.05, 4.69) is 20.3 Å². The van der Waals surface area contributed by atoms with Crippen LogP contribution >= 0.6 is 11.8 Å². The topological polar surface area (TPSA) is 113 Å². The van der Waals surface area contributed by atoms with Crippen molar-refractivity contribution in [3.8, 4) is 0 Å². The Kier molecular flexibility index (Phi) is 4.56. The summed E-state index contributed by atoms with van der Waals surface area (Å²) in [5.74, 6) is 0.422. The van der Waals surface area contributed by atoms with Crippen molar-refractivity contribution in [2.45, 2.75) is 30.9 Å². The standard InChI is InChI=1S/C14H14N6O3S/c1-9-3-4-11(20(21)22)5-12(9)10(2)24-14-18-17-13(23-14)6-19-8-15-7-16-19/h3-5,7-8,10H,6H2,1-2H3/t10-/m0/s1. The molecule has 0 aliphatic heterocycles. The molecule has 0 radical (unpaired) electrons. The molecule has 2 heterocycles. The molecule has 0 saturated heterocycles. The minimum Gasteiger partial charge on any atom is -0.414 e. The molecule has 0 spiro atoms. The molecule has 0 saturated carbocycles. The maximum atomic E-state index is 10.9. The first kappa shape index (κ1) is 16.1. The number of hydrogen-bond donors (Lipinski definition) is 0. The monoisotopic (exact) mass is 346 g/mol. The molecule has 0 aliphatic carbocycles. The number of nitrogens with zero attached hydrogens (tertiary/aromatic N) is 6. The Balaban J connectivity index is 1.73. The van der Waals surface area contributed by atoms with Gasteiger partial charge in [-0.05, 0) is 25.0 Å². The normalized spacial score (nSPS) is 12.2. The second-order valence-electron chi connectivity index (χ2n) is 5.11. The summed E-state index contributed by atoms with van der Waals surface area (Å²) in [6.07, 6.45) is 2.99. The van der Waals surface area contributed by atoms with Crippen molar-refractivity contribution < 1.29 is 9.34 Å². The molecule has 1 aromatic carbocycles. The van der Waals surface area contributed by atoms with E-state index in [0.29, 0.717) is 17.7 Å². The Morgan fingerprint density at radius 2 is 2.25 bits per heavy atom. The van der Waals surface area contributed by atoms with Crippen molar-refractivity contribution >= 4 is 17.4 Å². The van der Waals surface area contributed by atoms with Gasteiger partial charge in [0.25, 0.3) is 10.9 Å². The number of thioether (sulfide) groups is 1. The van der Waals surface area contributed by atoms with E-state index in [1.807, 2.05) is 13.8 Å². The number of benzene rings is 1. The van der Waals surface area contributed by atoms with Crippen LogP contribution in [0.4, 0.5) is 5.69 Å². The van der Waals surface area contributed by atoms with Crippen molar-refractivity contribution in [3.05, 3.63) is 58.0 Å². The zero-order valence-corrected chi connectivity index (χ0v) is 13.8. The fourth-order valence-corrected chi connectivity index (χ4v) is 3.11. The van der Waals surface area contributed by atoms with Crippen LogP contribution in [0.2, 0.25) is 0 Å². The van der Waals surface area contributed by atoms with Crippen molar-refractivity contribution in [1.82, 2.24) is 25.0 Å². The SMILES string of the molecule is Cc1ccc([N+](=O)[O-])cc1[C@H](C)Sc1nnc(Cn2cncn2)o1. The number of nitro groups is 1. The van der Waals surface area contributed by atoms with Crippen LogP contribution in [0.5, 0.6) is 0 Å². The highest BCUT2D eigenvalue weighted by Crippen LogP contribution is 2.36. The molecule has 3 aromatic rings. The quantitative estimate of drug-likeness (QED) is 0.380. The Bertz CT molecular complexity index is 848. The van der Waals surface area contributed by atoms with Gasteiger partial charge in [-0.2, -0.15) is 5.10 Å². The number of non-ortho nitro benzene ring substituents is 1. The van der Waals surface area contributed by atoms with Gasteiger partial charge >= 0.3 is 0 Å². The smallest absolute Gasteiger partial charge is 0.277 e. The third kappa shape index (κ3) is 3.59. The minimum absolute atomic E-state index is 0.0652. The van der Waals surface area contributed by atoms with Crippen molar-refractivity contribution in [1.29, 1.82) is 0 Å². The van der Waals surface area contributed by atoms with E-state index in [1.165, 1.54) is 24.2 Å². The highest BCUT2D eigenvalue weighted by atomic mass is 32.2. The number of rotatable bonds is 6. The predicted octanol–water partition coefficient (Wildman–Crippen LogP) is 2.78. The van der Waals surface area contributed by atoms with Crippen molar-refractivity contribution in [3.63, 3.8) is 0 Å².